The van der Waals surface area contributed by atoms with E-state index >= 15 is 0 Å². The van der Waals surface area contributed by atoms with E-state index < -0.39 is 0 Å². The number of carbonyl (C=O) groups excluding carboxylic acids is 1. The quantitative estimate of drug-likeness (QED) is 0.888. The zero-order chi connectivity index (χ0) is 12.8. The maximum Gasteiger partial charge on any atom is 0.263 e. The summed E-state index contributed by atoms with van der Waals surface area (Å²) in [5, 5.41) is 5.39. The van der Waals surface area contributed by atoms with E-state index in [1.54, 1.807) is 11.3 Å². The monoisotopic (exact) mass is 266 g/mol. The average Bonchev–Trinajstić information content (AvgIpc) is 2.92. The van der Waals surface area contributed by atoms with Gasteiger partial charge in [-0.25, -0.2) is 0 Å². The molecule has 1 unspecified atom stereocenters. The molecule has 0 radical (unpaired) electrons. The van der Waals surface area contributed by atoms with Crippen LogP contribution in [0.3, 0.4) is 0 Å². The van der Waals surface area contributed by atoms with Crippen molar-refractivity contribution in [1.29, 1.82) is 0 Å². The first-order valence-corrected chi connectivity index (χ1v) is 7.72. The maximum atomic E-state index is 12.4. The van der Waals surface area contributed by atoms with Gasteiger partial charge in [-0.3, -0.25) is 4.79 Å². The van der Waals surface area contributed by atoms with Gasteiger partial charge in [0.05, 0.1) is 4.88 Å². The number of amides is 1. The van der Waals surface area contributed by atoms with Crippen molar-refractivity contribution in [2.24, 2.45) is 5.92 Å². The fourth-order valence-electron chi connectivity index (χ4n) is 2.49. The van der Waals surface area contributed by atoms with Crippen molar-refractivity contribution in [2.45, 2.75) is 26.2 Å². The summed E-state index contributed by atoms with van der Waals surface area (Å²) < 4.78 is 0. The van der Waals surface area contributed by atoms with Crippen LogP contribution in [0.1, 0.15) is 35.9 Å². The number of hydrogen-bond donors (Lipinski definition) is 1. The topological polar surface area (TPSA) is 32.3 Å². The van der Waals surface area contributed by atoms with Gasteiger partial charge in [-0.2, -0.15) is 0 Å². The number of nitrogens with one attached hydrogen (secondary N) is 1. The normalized spacial score (nSPS) is 19.7. The van der Waals surface area contributed by atoms with Crippen molar-refractivity contribution in [1.82, 2.24) is 10.2 Å². The lowest BCUT2D eigenvalue weighted by Crippen LogP contribution is -2.41. The highest BCUT2D eigenvalue weighted by atomic mass is 32.1. The molecule has 18 heavy (non-hydrogen) atoms. The first kappa shape index (κ1) is 13.6. The Balaban J connectivity index is 1.96. The lowest BCUT2D eigenvalue weighted by molar-refractivity contribution is 0.0723. The Labute approximate surface area is 113 Å². The van der Waals surface area contributed by atoms with E-state index in [9.17, 15) is 4.79 Å². The molecule has 0 aliphatic carbocycles. The van der Waals surface area contributed by atoms with Crippen LogP contribution in [0.15, 0.2) is 17.5 Å². The molecule has 1 atom stereocenters. The highest BCUT2D eigenvalue weighted by Crippen LogP contribution is 2.16. The predicted octanol–water partition coefficient (Wildman–Crippen LogP) is 2.60. The van der Waals surface area contributed by atoms with Crippen LogP contribution in [0.4, 0.5) is 0 Å². The van der Waals surface area contributed by atoms with Gasteiger partial charge in [0.25, 0.3) is 5.91 Å². The fraction of sp³-hybridized carbons (Fsp3) is 0.643. The van der Waals surface area contributed by atoms with E-state index in [2.05, 4.69) is 12.2 Å². The van der Waals surface area contributed by atoms with Crippen LogP contribution in [-0.4, -0.2) is 37.0 Å². The third-order valence-corrected chi connectivity index (χ3v) is 4.25. The highest BCUT2D eigenvalue weighted by molar-refractivity contribution is 7.12. The van der Waals surface area contributed by atoms with Gasteiger partial charge in [0, 0.05) is 13.1 Å². The van der Waals surface area contributed by atoms with Gasteiger partial charge in [-0.15, -0.1) is 11.3 Å². The summed E-state index contributed by atoms with van der Waals surface area (Å²) in [6.07, 6.45) is 3.50. The van der Waals surface area contributed by atoms with Gasteiger partial charge < -0.3 is 10.2 Å². The number of carbonyl (C=O) groups is 1. The number of nitrogens with zero attached hydrogens (tertiary/aromatic N) is 1. The Bertz CT molecular complexity index is 358. The second kappa shape index (κ2) is 6.90. The van der Waals surface area contributed by atoms with Crippen molar-refractivity contribution >= 4 is 17.2 Å². The summed E-state index contributed by atoms with van der Waals surface area (Å²) in [4.78, 5) is 15.3. The molecular formula is C14H22N2OS. The molecule has 3 nitrogen and oxygen atoms in total. The molecule has 1 amide bonds. The molecule has 1 aliphatic heterocycles. The molecule has 1 N–H and O–H groups in total. The molecule has 0 saturated carbocycles. The highest BCUT2D eigenvalue weighted by Gasteiger charge is 2.21. The van der Waals surface area contributed by atoms with Gasteiger partial charge in [-0.05, 0) is 49.7 Å². The second-order valence-corrected chi connectivity index (χ2v) is 5.89. The molecule has 0 spiro atoms. The summed E-state index contributed by atoms with van der Waals surface area (Å²) in [6, 6.07) is 3.87. The number of piperidine rings is 1. The van der Waals surface area contributed by atoms with Crippen molar-refractivity contribution in [3.8, 4) is 0 Å². The molecule has 1 aromatic heterocycles. The van der Waals surface area contributed by atoms with E-state index in [4.69, 9.17) is 0 Å². The van der Waals surface area contributed by atoms with Crippen LogP contribution in [0.2, 0.25) is 0 Å². The molecule has 100 valence electrons. The van der Waals surface area contributed by atoms with E-state index in [-0.39, 0.29) is 5.91 Å². The zero-order valence-electron chi connectivity index (χ0n) is 11.0. The van der Waals surface area contributed by atoms with Gasteiger partial charge in [0.1, 0.15) is 0 Å². The molecule has 1 saturated heterocycles. The molecule has 2 rings (SSSR count). The van der Waals surface area contributed by atoms with E-state index in [0.29, 0.717) is 5.92 Å². The minimum absolute atomic E-state index is 0.206. The van der Waals surface area contributed by atoms with Crippen LogP contribution in [-0.2, 0) is 0 Å². The van der Waals surface area contributed by atoms with Gasteiger partial charge in [0.15, 0.2) is 0 Å². The Kier molecular flexibility index (Phi) is 5.20. The third-order valence-electron chi connectivity index (χ3n) is 3.39. The minimum atomic E-state index is 0.206. The van der Waals surface area contributed by atoms with Crippen LogP contribution < -0.4 is 5.32 Å². The second-order valence-electron chi connectivity index (χ2n) is 4.94. The van der Waals surface area contributed by atoms with Crippen LogP contribution in [0, 0.1) is 5.92 Å². The molecule has 2 heterocycles. The Morgan fingerprint density at radius 2 is 2.50 bits per heavy atom. The van der Waals surface area contributed by atoms with Gasteiger partial charge in [-0.1, -0.05) is 13.0 Å². The Morgan fingerprint density at radius 3 is 3.11 bits per heavy atom. The van der Waals surface area contributed by atoms with Crippen molar-refractivity contribution < 1.29 is 4.79 Å². The summed E-state index contributed by atoms with van der Waals surface area (Å²) in [6.45, 7) is 6.08. The first-order chi connectivity index (χ1) is 8.81. The maximum absolute atomic E-state index is 12.4. The third kappa shape index (κ3) is 3.56. The fourth-order valence-corrected chi connectivity index (χ4v) is 3.18. The number of thiophene rings is 1. The van der Waals surface area contributed by atoms with Crippen LogP contribution >= 0.6 is 11.3 Å². The van der Waals surface area contributed by atoms with Gasteiger partial charge in [0.2, 0.25) is 0 Å². The summed E-state index contributed by atoms with van der Waals surface area (Å²) in [5.74, 6) is 0.826. The molecular weight excluding hydrogens is 244 g/mol. The van der Waals surface area contributed by atoms with Crippen LogP contribution in [0.25, 0.3) is 0 Å². The molecule has 1 aromatic rings. The van der Waals surface area contributed by atoms with E-state index in [0.717, 1.165) is 37.5 Å². The SMILES string of the molecule is CCCN(CC1CCCNC1)C(=O)c1cccs1. The molecule has 4 heteroatoms. The minimum Gasteiger partial charge on any atom is -0.338 e. The number of hydrogen-bond acceptors (Lipinski definition) is 3. The average molecular weight is 266 g/mol. The van der Waals surface area contributed by atoms with Gasteiger partial charge >= 0.3 is 0 Å². The van der Waals surface area contributed by atoms with Crippen LogP contribution in [0.5, 0.6) is 0 Å². The van der Waals surface area contributed by atoms with E-state index in [1.165, 1.54) is 12.8 Å². The lowest BCUT2D eigenvalue weighted by atomic mass is 9.99. The number of rotatable bonds is 5. The summed E-state index contributed by atoms with van der Waals surface area (Å²) in [7, 11) is 0. The first-order valence-electron chi connectivity index (χ1n) is 6.84. The summed E-state index contributed by atoms with van der Waals surface area (Å²) >= 11 is 1.54. The zero-order valence-corrected chi connectivity index (χ0v) is 11.8. The summed E-state index contributed by atoms with van der Waals surface area (Å²) in [5.41, 5.74) is 0. The smallest absolute Gasteiger partial charge is 0.263 e. The largest absolute Gasteiger partial charge is 0.338 e. The van der Waals surface area contributed by atoms with Crippen molar-refractivity contribution in [2.75, 3.05) is 26.2 Å². The molecule has 1 fully saturated rings. The van der Waals surface area contributed by atoms with Crippen molar-refractivity contribution in [3.05, 3.63) is 22.4 Å². The Morgan fingerprint density at radius 1 is 1.61 bits per heavy atom. The molecule has 0 bridgehead atoms. The Hall–Kier alpha value is -0.870. The molecule has 0 aromatic carbocycles. The predicted molar refractivity (Wildman–Crippen MR) is 76.1 cm³/mol. The molecule has 1 aliphatic rings. The van der Waals surface area contributed by atoms with Crippen molar-refractivity contribution in [3.63, 3.8) is 0 Å². The lowest BCUT2D eigenvalue weighted by Gasteiger charge is -2.29. The van der Waals surface area contributed by atoms with E-state index in [1.807, 2.05) is 22.4 Å². The standard InChI is InChI=1S/C14H22N2OS/c1-2-8-16(11-12-5-3-7-15-10-12)14(17)13-6-4-9-18-13/h4,6,9,12,15H,2-3,5,7-8,10-11H2,1H3.